The van der Waals surface area contributed by atoms with Crippen molar-refractivity contribution in [2.75, 3.05) is 12.4 Å². The first-order chi connectivity index (χ1) is 9.72. The molecule has 0 aliphatic rings. The SMILES string of the molecule is COC(=O)c1cncc(CNc2ccc(C#N)cn2)c1. The monoisotopic (exact) mass is 268 g/mol. The van der Waals surface area contributed by atoms with Crippen molar-refractivity contribution in [1.29, 1.82) is 5.26 Å². The van der Waals surface area contributed by atoms with Crippen LogP contribution in [0.4, 0.5) is 5.82 Å². The number of methoxy groups -OCH3 is 1. The molecule has 100 valence electrons. The van der Waals surface area contributed by atoms with Gasteiger partial charge in [-0.3, -0.25) is 4.98 Å². The zero-order chi connectivity index (χ0) is 14.4. The third kappa shape index (κ3) is 3.29. The molecule has 1 N–H and O–H groups in total. The Morgan fingerprint density at radius 2 is 2.25 bits per heavy atom. The molecule has 20 heavy (non-hydrogen) atoms. The zero-order valence-electron chi connectivity index (χ0n) is 10.8. The van der Waals surface area contributed by atoms with E-state index < -0.39 is 5.97 Å². The normalized spacial score (nSPS) is 9.60. The van der Waals surface area contributed by atoms with E-state index in [1.54, 1.807) is 24.4 Å². The van der Waals surface area contributed by atoms with Crippen molar-refractivity contribution < 1.29 is 9.53 Å². The van der Waals surface area contributed by atoms with E-state index in [1.165, 1.54) is 19.5 Å². The highest BCUT2D eigenvalue weighted by molar-refractivity contribution is 5.89. The third-order valence-electron chi connectivity index (χ3n) is 2.58. The molecule has 0 aromatic carbocycles. The molecule has 2 heterocycles. The summed E-state index contributed by atoms with van der Waals surface area (Å²) >= 11 is 0. The van der Waals surface area contributed by atoms with Gasteiger partial charge in [-0.2, -0.15) is 5.26 Å². The zero-order valence-corrected chi connectivity index (χ0v) is 10.8. The lowest BCUT2D eigenvalue weighted by atomic mass is 10.2. The Hall–Kier alpha value is -2.94. The van der Waals surface area contributed by atoms with Gasteiger partial charge in [-0.15, -0.1) is 0 Å². The van der Waals surface area contributed by atoms with Crippen LogP contribution in [0.1, 0.15) is 21.5 Å². The molecule has 2 aromatic heterocycles. The lowest BCUT2D eigenvalue weighted by molar-refractivity contribution is 0.0600. The van der Waals surface area contributed by atoms with Gasteiger partial charge in [0.2, 0.25) is 0 Å². The van der Waals surface area contributed by atoms with Gasteiger partial charge in [0.25, 0.3) is 0 Å². The van der Waals surface area contributed by atoms with Crippen LogP contribution in [0, 0.1) is 11.3 Å². The van der Waals surface area contributed by atoms with Gasteiger partial charge in [0.05, 0.1) is 18.2 Å². The van der Waals surface area contributed by atoms with E-state index in [0.717, 1.165) is 5.56 Å². The molecule has 0 atom stereocenters. The minimum atomic E-state index is -0.421. The fourth-order valence-corrected chi connectivity index (χ4v) is 1.57. The molecule has 0 saturated carbocycles. The van der Waals surface area contributed by atoms with Crippen LogP contribution in [0.5, 0.6) is 0 Å². The average Bonchev–Trinajstić information content (AvgIpc) is 2.53. The number of hydrogen-bond acceptors (Lipinski definition) is 6. The Bertz CT molecular complexity index is 647. The van der Waals surface area contributed by atoms with Crippen LogP contribution in [-0.2, 0) is 11.3 Å². The summed E-state index contributed by atoms with van der Waals surface area (Å²) in [5.74, 6) is 0.225. The number of carbonyl (C=O) groups is 1. The quantitative estimate of drug-likeness (QED) is 0.850. The number of anilines is 1. The standard InChI is InChI=1S/C14H12N4O2/c1-20-14(19)12-4-11(6-16-9-12)8-18-13-3-2-10(5-15)7-17-13/h2-4,6-7,9H,8H2,1H3,(H,17,18). The van der Waals surface area contributed by atoms with E-state index in [4.69, 9.17) is 5.26 Å². The number of esters is 1. The van der Waals surface area contributed by atoms with E-state index >= 15 is 0 Å². The molecule has 0 radical (unpaired) electrons. The molecule has 6 heteroatoms. The summed E-state index contributed by atoms with van der Waals surface area (Å²) in [6.45, 7) is 0.469. The summed E-state index contributed by atoms with van der Waals surface area (Å²) in [5.41, 5.74) is 1.74. The molecule has 2 rings (SSSR count). The van der Waals surface area contributed by atoms with E-state index in [2.05, 4.69) is 20.0 Å². The maximum atomic E-state index is 11.4. The number of nitriles is 1. The molecule has 0 bridgehead atoms. The first-order valence-corrected chi connectivity index (χ1v) is 5.85. The summed E-state index contributed by atoms with van der Waals surface area (Å²) in [6, 6.07) is 7.10. The molecular weight excluding hydrogens is 256 g/mol. The summed E-state index contributed by atoms with van der Waals surface area (Å²) in [7, 11) is 1.33. The van der Waals surface area contributed by atoms with Crippen LogP contribution in [0.2, 0.25) is 0 Å². The predicted octanol–water partition coefficient (Wildman–Crippen LogP) is 1.75. The second kappa shape index (κ2) is 6.29. The molecule has 0 amide bonds. The van der Waals surface area contributed by atoms with Crippen LogP contribution >= 0.6 is 0 Å². The summed E-state index contributed by atoms with van der Waals surface area (Å²) in [5, 5.41) is 11.8. The van der Waals surface area contributed by atoms with E-state index in [1.807, 2.05) is 6.07 Å². The van der Waals surface area contributed by atoms with Gasteiger partial charge in [-0.1, -0.05) is 0 Å². The van der Waals surface area contributed by atoms with Crippen LogP contribution in [0.3, 0.4) is 0 Å². The van der Waals surface area contributed by atoms with E-state index in [0.29, 0.717) is 23.5 Å². The second-order valence-corrected chi connectivity index (χ2v) is 3.97. The average molecular weight is 268 g/mol. The number of carbonyl (C=O) groups excluding carboxylic acids is 1. The molecular formula is C14H12N4O2. The number of hydrogen-bond donors (Lipinski definition) is 1. The van der Waals surface area contributed by atoms with Gasteiger partial charge in [0.1, 0.15) is 11.9 Å². The Balaban J connectivity index is 2.03. The van der Waals surface area contributed by atoms with Crippen molar-refractivity contribution in [2.24, 2.45) is 0 Å². The highest BCUT2D eigenvalue weighted by Crippen LogP contribution is 2.08. The first kappa shape index (κ1) is 13.5. The number of pyridine rings is 2. The van der Waals surface area contributed by atoms with Crippen LogP contribution in [0.25, 0.3) is 0 Å². The van der Waals surface area contributed by atoms with Gasteiger partial charge in [0, 0.05) is 25.1 Å². The Morgan fingerprint density at radius 1 is 1.40 bits per heavy atom. The molecule has 0 saturated heterocycles. The molecule has 6 nitrogen and oxygen atoms in total. The van der Waals surface area contributed by atoms with Crippen molar-refractivity contribution in [2.45, 2.75) is 6.54 Å². The molecule has 0 spiro atoms. The first-order valence-electron chi connectivity index (χ1n) is 5.85. The Kier molecular flexibility index (Phi) is 4.24. The fraction of sp³-hybridized carbons (Fsp3) is 0.143. The summed E-state index contributed by atoms with van der Waals surface area (Å²) in [4.78, 5) is 19.5. The highest BCUT2D eigenvalue weighted by Gasteiger charge is 2.06. The minimum absolute atomic E-state index is 0.402. The number of nitrogens with one attached hydrogen (secondary N) is 1. The lowest BCUT2D eigenvalue weighted by Crippen LogP contribution is -2.06. The van der Waals surface area contributed by atoms with Gasteiger partial charge in [-0.25, -0.2) is 9.78 Å². The van der Waals surface area contributed by atoms with Crippen LogP contribution in [-0.4, -0.2) is 23.0 Å². The number of rotatable bonds is 4. The van der Waals surface area contributed by atoms with Gasteiger partial charge in [-0.05, 0) is 23.8 Å². The van der Waals surface area contributed by atoms with Gasteiger partial charge < -0.3 is 10.1 Å². The van der Waals surface area contributed by atoms with Gasteiger partial charge >= 0.3 is 5.97 Å². The Morgan fingerprint density at radius 3 is 2.90 bits per heavy atom. The number of nitrogens with zero attached hydrogens (tertiary/aromatic N) is 3. The van der Waals surface area contributed by atoms with Crippen LogP contribution in [0.15, 0.2) is 36.8 Å². The topological polar surface area (TPSA) is 87.9 Å². The summed E-state index contributed by atoms with van der Waals surface area (Å²) < 4.78 is 4.64. The van der Waals surface area contributed by atoms with E-state index in [-0.39, 0.29) is 0 Å². The van der Waals surface area contributed by atoms with E-state index in [9.17, 15) is 4.79 Å². The van der Waals surface area contributed by atoms with Gasteiger partial charge in [0.15, 0.2) is 0 Å². The van der Waals surface area contributed by atoms with Crippen molar-refractivity contribution in [3.8, 4) is 6.07 Å². The number of ether oxygens (including phenoxy) is 1. The van der Waals surface area contributed by atoms with Crippen LogP contribution < -0.4 is 5.32 Å². The molecule has 0 unspecified atom stereocenters. The van der Waals surface area contributed by atoms with Crippen molar-refractivity contribution in [3.63, 3.8) is 0 Å². The minimum Gasteiger partial charge on any atom is -0.465 e. The molecule has 0 aliphatic heterocycles. The largest absolute Gasteiger partial charge is 0.465 e. The number of aromatic nitrogens is 2. The maximum absolute atomic E-state index is 11.4. The summed E-state index contributed by atoms with van der Waals surface area (Å²) in [6.07, 6.45) is 4.60. The third-order valence-corrected chi connectivity index (χ3v) is 2.58. The van der Waals surface area contributed by atoms with Crippen molar-refractivity contribution in [3.05, 3.63) is 53.5 Å². The molecule has 0 fully saturated rings. The smallest absolute Gasteiger partial charge is 0.339 e. The Labute approximate surface area is 116 Å². The second-order valence-electron chi connectivity index (χ2n) is 3.97. The fourth-order valence-electron chi connectivity index (χ4n) is 1.57. The molecule has 2 aromatic rings. The molecule has 0 aliphatic carbocycles. The lowest BCUT2D eigenvalue weighted by Gasteiger charge is -2.06. The predicted molar refractivity (Wildman–Crippen MR) is 71.9 cm³/mol. The van der Waals surface area contributed by atoms with Crippen molar-refractivity contribution in [1.82, 2.24) is 9.97 Å². The highest BCUT2D eigenvalue weighted by atomic mass is 16.5. The maximum Gasteiger partial charge on any atom is 0.339 e. The van der Waals surface area contributed by atoms with Crippen molar-refractivity contribution >= 4 is 11.8 Å².